The standard InChI is InChI=1S/C15H23NO/c1-3-11(2)14-6-4-5-7-15(14)17-13-9-8-12(16)10-13/h4-7,11-13H,3,8-10,16H2,1-2H3. The molecule has 1 aromatic rings. The molecular formula is C15H23NO. The summed E-state index contributed by atoms with van der Waals surface area (Å²) in [5, 5.41) is 0. The highest BCUT2D eigenvalue weighted by molar-refractivity contribution is 5.36. The van der Waals surface area contributed by atoms with Gasteiger partial charge in [0.05, 0.1) is 0 Å². The average molecular weight is 233 g/mol. The maximum atomic E-state index is 6.12. The molecule has 3 atom stereocenters. The van der Waals surface area contributed by atoms with Crippen molar-refractivity contribution in [3.63, 3.8) is 0 Å². The van der Waals surface area contributed by atoms with Crippen molar-refractivity contribution in [2.24, 2.45) is 5.73 Å². The monoisotopic (exact) mass is 233 g/mol. The van der Waals surface area contributed by atoms with Gasteiger partial charge in [-0.3, -0.25) is 0 Å². The van der Waals surface area contributed by atoms with Gasteiger partial charge < -0.3 is 10.5 Å². The van der Waals surface area contributed by atoms with Crippen LogP contribution in [0.4, 0.5) is 0 Å². The van der Waals surface area contributed by atoms with Crippen LogP contribution in [0.5, 0.6) is 5.75 Å². The highest BCUT2D eigenvalue weighted by Crippen LogP contribution is 2.31. The summed E-state index contributed by atoms with van der Waals surface area (Å²) in [6.45, 7) is 4.47. The van der Waals surface area contributed by atoms with Gasteiger partial charge in [-0.25, -0.2) is 0 Å². The summed E-state index contributed by atoms with van der Waals surface area (Å²) < 4.78 is 6.12. The van der Waals surface area contributed by atoms with Crippen LogP contribution in [0, 0.1) is 0 Å². The van der Waals surface area contributed by atoms with Crippen molar-refractivity contribution in [3.8, 4) is 5.75 Å². The Kier molecular flexibility index (Phi) is 4.06. The molecule has 0 saturated heterocycles. The van der Waals surface area contributed by atoms with Crippen molar-refractivity contribution in [3.05, 3.63) is 29.8 Å². The lowest BCUT2D eigenvalue weighted by Crippen LogP contribution is -2.19. The molecule has 0 radical (unpaired) electrons. The van der Waals surface area contributed by atoms with Crippen LogP contribution >= 0.6 is 0 Å². The molecular weight excluding hydrogens is 210 g/mol. The Hall–Kier alpha value is -1.02. The normalized spacial score (nSPS) is 25.8. The third-order valence-electron chi connectivity index (χ3n) is 3.78. The molecule has 1 fully saturated rings. The molecule has 1 aliphatic carbocycles. The van der Waals surface area contributed by atoms with Gasteiger partial charge in [-0.1, -0.05) is 32.0 Å². The first-order valence-corrected chi connectivity index (χ1v) is 6.71. The topological polar surface area (TPSA) is 35.2 Å². The summed E-state index contributed by atoms with van der Waals surface area (Å²) in [6.07, 6.45) is 4.64. The molecule has 2 N–H and O–H groups in total. The van der Waals surface area contributed by atoms with E-state index < -0.39 is 0 Å². The molecule has 0 heterocycles. The molecule has 1 aromatic carbocycles. The van der Waals surface area contributed by atoms with E-state index >= 15 is 0 Å². The van der Waals surface area contributed by atoms with E-state index in [9.17, 15) is 0 Å². The van der Waals surface area contributed by atoms with Gasteiger partial charge in [0.2, 0.25) is 0 Å². The largest absolute Gasteiger partial charge is 0.490 e. The number of ether oxygens (including phenoxy) is 1. The van der Waals surface area contributed by atoms with E-state index in [-0.39, 0.29) is 0 Å². The van der Waals surface area contributed by atoms with Gasteiger partial charge in [-0.2, -0.15) is 0 Å². The Bertz CT molecular complexity index is 364. The third-order valence-corrected chi connectivity index (χ3v) is 3.78. The molecule has 0 amide bonds. The Morgan fingerprint density at radius 3 is 2.76 bits per heavy atom. The van der Waals surface area contributed by atoms with Crippen molar-refractivity contribution in [2.75, 3.05) is 0 Å². The fraction of sp³-hybridized carbons (Fsp3) is 0.600. The SMILES string of the molecule is CCC(C)c1ccccc1OC1CCC(N)C1. The van der Waals surface area contributed by atoms with Gasteiger partial charge in [0.1, 0.15) is 11.9 Å². The maximum Gasteiger partial charge on any atom is 0.123 e. The van der Waals surface area contributed by atoms with E-state index in [1.807, 2.05) is 0 Å². The summed E-state index contributed by atoms with van der Waals surface area (Å²) in [5.41, 5.74) is 7.25. The van der Waals surface area contributed by atoms with Gasteiger partial charge in [-0.15, -0.1) is 0 Å². The van der Waals surface area contributed by atoms with E-state index in [0.29, 0.717) is 18.1 Å². The van der Waals surface area contributed by atoms with Gasteiger partial charge >= 0.3 is 0 Å². The molecule has 3 unspecified atom stereocenters. The zero-order valence-electron chi connectivity index (χ0n) is 10.9. The first kappa shape index (κ1) is 12.4. The summed E-state index contributed by atoms with van der Waals surface area (Å²) in [7, 11) is 0. The molecule has 2 heteroatoms. The predicted octanol–water partition coefficient (Wildman–Crippen LogP) is 3.46. The Morgan fingerprint density at radius 2 is 2.12 bits per heavy atom. The molecule has 1 aliphatic rings. The number of hydrogen-bond acceptors (Lipinski definition) is 2. The van der Waals surface area contributed by atoms with Crippen molar-refractivity contribution in [2.45, 2.75) is 57.6 Å². The van der Waals surface area contributed by atoms with Crippen LogP contribution in [0.1, 0.15) is 51.0 Å². The van der Waals surface area contributed by atoms with Crippen molar-refractivity contribution >= 4 is 0 Å². The summed E-state index contributed by atoms with van der Waals surface area (Å²) in [6, 6.07) is 8.74. The number of rotatable bonds is 4. The molecule has 2 nitrogen and oxygen atoms in total. The zero-order chi connectivity index (χ0) is 12.3. The van der Waals surface area contributed by atoms with Gasteiger partial charge in [-0.05, 0) is 43.2 Å². The van der Waals surface area contributed by atoms with Crippen LogP contribution in [0.25, 0.3) is 0 Å². The van der Waals surface area contributed by atoms with E-state index in [0.717, 1.165) is 31.4 Å². The van der Waals surface area contributed by atoms with Gasteiger partial charge in [0.25, 0.3) is 0 Å². The second-order valence-electron chi connectivity index (χ2n) is 5.16. The second kappa shape index (κ2) is 5.54. The molecule has 94 valence electrons. The van der Waals surface area contributed by atoms with Crippen LogP contribution in [-0.2, 0) is 0 Å². The molecule has 1 saturated carbocycles. The summed E-state index contributed by atoms with van der Waals surface area (Å²) >= 11 is 0. The Balaban J connectivity index is 2.09. The smallest absolute Gasteiger partial charge is 0.123 e. The molecule has 17 heavy (non-hydrogen) atoms. The first-order chi connectivity index (χ1) is 8.20. The molecule has 0 spiro atoms. The summed E-state index contributed by atoms with van der Waals surface area (Å²) in [5.74, 6) is 1.61. The summed E-state index contributed by atoms with van der Waals surface area (Å²) in [4.78, 5) is 0. The van der Waals surface area contributed by atoms with Crippen LogP contribution in [-0.4, -0.2) is 12.1 Å². The lowest BCUT2D eigenvalue weighted by molar-refractivity contribution is 0.205. The minimum Gasteiger partial charge on any atom is -0.490 e. The Labute approximate surface area is 104 Å². The van der Waals surface area contributed by atoms with Crippen LogP contribution in [0.3, 0.4) is 0 Å². The van der Waals surface area contributed by atoms with Crippen LogP contribution in [0.2, 0.25) is 0 Å². The van der Waals surface area contributed by atoms with Crippen molar-refractivity contribution in [1.82, 2.24) is 0 Å². The Morgan fingerprint density at radius 1 is 1.35 bits per heavy atom. The highest BCUT2D eigenvalue weighted by atomic mass is 16.5. The van der Waals surface area contributed by atoms with E-state index in [2.05, 4.69) is 38.1 Å². The number of para-hydroxylation sites is 1. The fourth-order valence-electron chi connectivity index (χ4n) is 2.47. The zero-order valence-corrected chi connectivity index (χ0v) is 10.9. The third kappa shape index (κ3) is 3.01. The minimum absolute atomic E-state index is 0.315. The van der Waals surface area contributed by atoms with Gasteiger partial charge in [0.15, 0.2) is 0 Å². The number of benzene rings is 1. The van der Waals surface area contributed by atoms with Crippen molar-refractivity contribution in [1.29, 1.82) is 0 Å². The van der Waals surface area contributed by atoms with Crippen LogP contribution < -0.4 is 10.5 Å². The lowest BCUT2D eigenvalue weighted by atomic mass is 9.98. The van der Waals surface area contributed by atoms with E-state index in [4.69, 9.17) is 10.5 Å². The number of nitrogens with two attached hydrogens (primary N) is 1. The number of hydrogen-bond donors (Lipinski definition) is 1. The first-order valence-electron chi connectivity index (χ1n) is 6.71. The quantitative estimate of drug-likeness (QED) is 0.864. The fourth-order valence-corrected chi connectivity index (χ4v) is 2.47. The minimum atomic E-state index is 0.315. The average Bonchev–Trinajstić information content (AvgIpc) is 2.74. The molecule has 0 aliphatic heterocycles. The molecule has 0 bridgehead atoms. The van der Waals surface area contributed by atoms with Crippen LogP contribution in [0.15, 0.2) is 24.3 Å². The second-order valence-corrected chi connectivity index (χ2v) is 5.16. The maximum absolute atomic E-state index is 6.12. The van der Waals surface area contributed by atoms with E-state index in [1.54, 1.807) is 0 Å². The van der Waals surface area contributed by atoms with Crippen molar-refractivity contribution < 1.29 is 4.74 Å². The van der Waals surface area contributed by atoms with Gasteiger partial charge in [0, 0.05) is 6.04 Å². The lowest BCUT2D eigenvalue weighted by Gasteiger charge is -2.19. The molecule has 0 aromatic heterocycles. The van der Waals surface area contributed by atoms with E-state index in [1.165, 1.54) is 5.56 Å². The molecule has 2 rings (SSSR count). The highest BCUT2D eigenvalue weighted by Gasteiger charge is 2.24. The predicted molar refractivity (Wildman–Crippen MR) is 71.4 cm³/mol.